The summed E-state index contributed by atoms with van der Waals surface area (Å²) in [7, 11) is 0. The molecule has 3 N–H and O–H groups in total. The van der Waals surface area contributed by atoms with Gasteiger partial charge < -0.3 is 34.9 Å². The second-order valence-corrected chi connectivity index (χ2v) is 19.4. The molecule has 64 heavy (non-hydrogen) atoms. The fourth-order valence-corrected chi connectivity index (χ4v) is 9.06. The maximum Gasteiger partial charge on any atom is 0.0732 e. The molecule has 0 spiro atoms. The summed E-state index contributed by atoms with van der Waals surface area (Å²) in [5.41, 5.74) is 6.76. The summed E-state index contributed by atoms with van der Waals surface area (Å²) in [5.74, 6) is 2.55. The second kappa shape index (κ2) is 26.7. The highest BCUT2D eigenvalue weighted by Crippen LogP contribution is 2.33. The molecule has 7 nitrogen and oxygen atoms in total. The van der Waals surface area contributed by atoms with Gasteiger partial charge in [-0.05, 0) is 82.8 Å². The smallest absolute Gasteiger partial charge is 0.0732 e. The molecule has 3 aliphatic rings. The van der Waals surface area contributed by atoms with Gasteiger partial charge in [0.2, 0.25) is 0 Å². The molecule has 6 unspecified atom stereocenters. The van der Waals surface area contributed by atoms with Crippen molar-refractivity contribution in [3.05, 3.63) is 179 Å². The van der Waals surface area contributed by atoms with E-state index in [0.29, 0.717) is 61.1 Å². The number of hydrogen-bond donors (Lipinski definition) is 3. The molecule has 0 amide bonds. The van der Waals surface area contributed by atoms with Gasteiger partial charge in [0, 0.05) is 32.6 Å². The third-order valence-electron chi connectivity index (χ3n) is 12.9. The Morgan fingerprint density at radius 1 is 0.406 bits per heavy atom. The van der Waals surface area contributed by atoms with Crippen molar-refractivity contribution >= 4 is 0 Å². The summed E-state index contributed by atoms with van der Waals surface area (Å²) in [6.45, 7) is 20.4. The zero-order valence-electron chi connectivity index (χ0n) is 39.4. The minimum atomic E-state index is 0.217. The van der Waals surface area contributed by atoms with Crippen molar-refractivity contribution in [2.75, 3.05) is 39.3 Å². The summed E-state index contributed by atoms with van der Waals surface area (Å²) in [6.07, 6.45) is 4.39. The quantitative estimate of drug-likeness (QED) is 0.0968. The van der Waals surface area contributed by atoms with Gasteiger partial charge in [-0.1, -0.05) is 186 Å². The van der Waals surface area contributed by atoms with Crippen molar-refractivity contribution in [3.63, 3.8) is 0 Å². The van der Waals surface area contributed by atoms with Crippen LogP contribution in [0, 0.1) is 29.1 Å². The van der Waals surface area contributed by atoms with E-state index < -0.39 is 0 Å². The number of rotatable bonds is 15. The van der Waals surface area contributed by atoms with E-state index in [-0.39, 0.29) is 12.2 Å². The Hall–Kier alpha value is -4.18. The molecule has 3 saturated heterocycles. The minimum Gasteiger partial charge on any atom is -0.372 e. The van der Waals surface area contributed by atoms with Crippen LogP contribution in [0.1, 0.15) is 75.3 Å². The number of ether oxygens (including phenoxy) is 4. The first-order chi connectivity index (χ1) is 31.2. The average molecular weight is 868 g/mol. The molecule has 0 saturated carbocycles. The Bertz CT molecular complexity index is 1900. The van der Waals surface area contributed by atoms with Crippen molar-refractivity contribution in [2.24, 2.45) is 29.1 Å². The summed E-state index contributed by atoms with van der Waals surface area (Å²) < 4.78 is 24.4. The largest absolute Gasteiger partial charge is 0.372 e. The van der Waals surface area contributed by atoms with Crippen LogP contribution in [0.15, 0.2) is 152 Å². The van der Waals surface area contributed by atoms with E-state index >= 15 is 0 Å². The normalized spacial score (nSPS) is 24.6. The predicted octanol–water partition coefficient (Wildman–Crippen LogP) is 10.7. The Kier molecular flexibility index (Phi) is 20.5. The average Bonchev–Trinajstić information content (AvgIpc) is 3.33. The van der Waals surface area contributed by atoms with E-state index in [2.05, 4.69) is 154 Å². The molecule has 0 aromatic heterocycles. The lowest BCUT2D eigenvalue weighted by Gasteiger charge is -2.39. The van der Waals surface area contributed by atoms with Crippen LogP contribution in [0.25, 0.3) is 0 Å². The van der Waals surface area contributed by atoms with Crippen LogP contribution in [0.3, 0.4) is 0 Å². The summed E-state index contributed by atoms with van der Waals surface area (Å²) in [5, 5.41) is 10.5. The van der Waals surface area contributed by atoms with E-state index in [1.165, 1.54) is 34.2 Å². The zero-order chi connectivity index (χ0) is 44.8. The molecule has 5 aromatic rings. The van der Waals surface area contributed by atoms with Gasteiger partial charge in [-0.15, -0.1) is 0 Å². The number of benzene rings is 5. The fourth-order valence-electron chi connectivity index (χ4n) is 9.06. The maximum absolute atomic E-state index is 6.19. The van der Waals surface area contributed by atoms with E-state index in [1.54, 1.807) is 0 Å². The molecule has 8 rings (SSSR count). The molecular weight excluding hydrogens is 791 g/mol. The molecule has 3 aliphatic heterocycles. The fraction of sp³-hybridized carbons (Fsp3) is 0.474. The Labute approximate surface area is 386 Å². The van der Waals surface area contributed by atoms with Crippen LogP contribution < -0.4 is 16.0 Å². The molecular formula is C57H77N3O4. The summed E-state index contributed by atoms with van der Waals surface area (Å²) >= 11 is 0. The Balaban J connectivity index is 0.000000160. The topological polar surface area (TPSA) is 73.0 Å². The van der Waals surface area contributed by atoms with E-state index in [9.17, 15) is 0 Å². The van der Waals surface area contributed by atoms with E-state index in [1.807, 2.05) is 48.5 Å². The highest BCUT2D eigenvalue weighted by Gasteiger charge is 2.33. The van der Waals surface area contributed by atoms with Gasteiger partial charge >= 0.3 is 0 Å². The molecule has 0 bridgehead atoms. The van der Waals surface area contributed by atoms with Crippen molar-refractivity contribution in [3.8, 4) is 0 Å². The lowest BCUT2D eigenvalue weighted by molar-refractivity contribution is -0.0463. The van der Waals surface area contributed by atoms with Crippen LogP contribution in [0.2, 0.25) is 0 Å². The first-order valence-electron chi connectivity index (χ1n) is 24.0. The molecule has 344 valence electrons. The zero-order valence-corrected chi connectivity index (χ0v) is 39.4. The van der Waals surface area contributed by atoms with Crippen molar-refractivity contribution in [1.29, 1.82) is 0 Å². The van der Waals surface area contributed by atoms with Crippen LogP contribution in [0.5, 0.6) is 0 Å². The lowest BCUT2D eigenvalue weighted by atomic mass is 9.75. The van der Waals surface area contributed by atoms with E-state index in [0.717, 1.165) is 58.7 Å². The molecule has 7 heteroatoms. The molecule has 3 heterocycles. The van der Waals surface area contributed by atoms with Crippen molar-refractivity contribution < 1.29 is 18.9 Å². The van der Waals surface area contributed by atoms with Gasteiger partial charge in [0.15, 0.2) is 0 Å². The van der Waals surface area contributed by atoms with Gasteiger partial charge in [-0.3, -0.25) is 0 Å². The monoisotopic (exact) mass is 868 g/mol. The third-order valence-corrected chi connectivity index (χ3v) is 12.9. The van der Waals surface area contributed by atoms with Crippen LogP contribution >= 0.6 is 0 Å². The summed E-state index contributed by atoms with van der Waals surface area (Å²) in [4.78, 5) is 0. The molecule has 0 radical (unpaired) electrons. The van der Waals surface area contributed by atoms with Crippen molar-refractivity contribution in [2.45, 2.75) is 105 Å². The minimum absolute atomic E-state index is 0.217. The lowest BCUT2D eigenvalue weighted by Crippen LogP contribution is -2.47. The number of piperidine rings is 3. The van der Waals surface area contributed by atoms with Crippen LogP contribution in [0.4, 0.5) is 0 Å². The third kappa shape index (κ3) is 17.7. The second-order valence-electron chi connectivity index (χ2n) is 19.4. The van der Waals surface area contributed by atoms with E-state index in [4.69, 9.17) is 18.9 Å². The van der Waals surface area contributed by atoms with Gasteiger partial charge in [-0.25, -0.2) is 0 Å². The van der Waals surface area contributed by atoms with Crippen LogP contribution in [-0.4, -0.2) is 63.7 Å². The molecule has 5 aromatic carbocycles. The maximum atomic E-state index is 6.19. The number of hydrogen-bond acceptors (Lipinski definition) is 7. The van der Waals surface area contributed by atoms with Gasteiger partial charge in [0.1, 0.15) is 0 Å². The standard InChI is InChI=1S/C20H25NO.C19H23NO2.C18H29NO/c1-16-19(12-17-8-4-2-5-9-17)13-21-14-20(16)22-15-18-10-6-3-7-11-18;1-3-7-16(8-4-1)14-21-18-11-19(13-20-12-18)22-15-17-9-5-2-6-10-17;1-14-16(10-18(2,3)4)11-19-12-17(14)20-13-15-8-6-5-7-9-15/h2-11,16,19-21H,12-15H2,1H3;1-10,18-20H,11-15H2;5-9,14,16-17,19H,10-13H2,1-4H3/t16-,19?,20?;;14-,16?,17?/m1.1/s1. The summed E-state index contributed by atoms with van der Waals surface area (Å²) in [6, 6.07) is 52.3. The van der Waals surface area contributed by atoms with Gasteiger partial charge in [0.25, 0.3) is 0 Å². The Morgan fingerprint density at radius 2 is 0.734 bits per heavy atom. The highest BCUT2D eigenvalue weighted by atomic mass is 16.5. The van der Waals surface area contributed by atoms with Gasteiger partial charge in [0.05, 0.1) is 50.8 Å². The molecule has 0 aliphatic carbocycles. The van der Waals surface area contributed by atoms with Gasteiger partial charge in [-0.2, -0.15) is 0 Å². The first-order valence-corrected chi connectivity index (χ1v) is 24.0. The van der Waals surface area contributed by atoms with Crippen molar-refractivity contribution in [1.82, 2.24) is 16.0 Å². The SMILES string of the molecule is C[C@@H]1C(CC(C)(C)C)CNCC1OCc1ccccc1.C[C@@H]1C(Cc2ccccc2)CNCC1OCc1ccccc1.c1ccc(COC2CNCC(OCc3ccccc3)C2)cc1. The van der Waals surface area contributed by atoms with Crippen LogP contribution in [-0.2, 0) is 51.8 Å². The molecule has 3 fully saturated rings. The Morgan fingerprint density at radius 3 is 1.12 bits per heavy atom. The predicted molar refractivity (Wildman–Crippen MR) is 263 cm³/mol. The highest BCUT2D eigenvalue weighted by molar-refractivity contribution is 5.17. The molecule has 8 atom stereocenters. The number of nitrogens with one attached hydrogen (secondary N) is 3. The first kappa shape index (κ1) is 49.3.